The van der Waals surface area contributed by atoms with E-state index in [1.165, 1.54) is 0 Å². The largest absolute Gasteiger partial charge is 0.409 e. The molecule has 0 heterocycles. The van der Waals surface area contributed by atoms with E-state index < -0.39 is 12.0 Å². The van der Waals surface area contributed by atoms with Gasteiger partial charge in [0.05, 0.1) is 0 Å². The lowest BCUT2D eigenvalue weighted by Gasteiger charge is -2.10. The monoisotopic (exact) mass is 286 g/mol. The number of primary amides is 1. The van der Waals surface area contributed by atoms with Crippen molar-refractivity contribution >= 4 is 23.3 Å². The van der Waals surface area contributed by atoms with E-state index in [-0.39, 0.29) is 12.4 Å². The second-order valence-electron chi connectivity index (χ2n) is 3.84. The van der Waals surface area contributed by atoms with Crippen LogP contribution in [0.1, 0.15) is 11.1 Å². The van der Waals surface area contributed by atoms with Crippen molar-refractivity contribution in [1.82, 2.24) is 5.32 Å². The maximum Gasteiger partial charge on any atom is 0.247 e. The van der Waals surface area contributed by atoms with E-state index in [4.69, 9.17) is 28.3 Å². The molecule has 0 radical (unpaired) electrons. The Morgan fingerprint density at radius 1 is 1.47 bits per heavy atom. The van der Waals surface area contributed by atoms with Crippen LogP contribution < -0.4 is 16.8 Å². The van der Waals surface area contributed by atoms with Gasteiger partial charge >= 0.3 is 0 Å². The standard InChI is InChI=1S/C11H15ClN4O3/c12-8-3-6(10(13)16-19)1-2-7(8)4-15-5-9(17)11(14)18/h1-3,9,15,17,19H,4-5H2,(H2,13,16)(H2,14,18). The molecule has 0 saturated carbocycles. The molecule has 0 aromatic heterocycles. The Hall–Kier alpha value is -1.83. The summed E-state index contributed by atoms with van der Waals surface area (Å²) in [6.45, 7) is 0.382. The number of hydrogen-bond donors (Lipinski definition) is 5. The minimum atomic E-state index is -1.24. The summed E-state index contributed by atoms with van der Waals surface area (Å²) in [6, 6.07) is 4.89. The molecular weight excluding hydrogens is 272 g/mol. The fraction of sp³-hybridized carbons (Fsp3) is 0.273. The van der Waals surface area contributed by atoms with Gasteiger partial charge in [0, 0.05) is 23.7 Å². The fourth-order valence-electron chi connectivity index (χ4n) is 1.35. The summed E-state index contributed by atoms with van der Waals surface area (Å²) in [5.41, 5.74) is 11.6. The molecule has 104 valence electrons. The molecule has 0 bridgehead atoms. The molecule has 0 saturated heterocycles. The van der Waals surface area contributed by atoms with Crippen LogP contribution >= 0.6 is 11.6 Å². The molecule has 1 aromatic rings. The molecule has 1 atom stereocenters. The number of carbonyl (C=O) groups excluding carboxylic acids is 1. The summed E-state index contributed by atoms with van der Waals surface area (Å²) in [7, 11) is 0. The third kappa shape index (κ3) is 4.40. The van der Waals surface area contributed by atoms with Crippen molar-refractivity contribution in [3.8, 4) is 0 Å². The summed E-state index contributed by atoms with van der Waals surface area (Å²) in [6.07, 6.45) is -1.24. The summed E-state index contributed by atoms with van der Waals surface area (Å²) in [5, 5.41) is 23.9. The van der Waals surface area contributed by atoms with E-state index in [0.717, 1.165) is 5.56 Å². The van der Waals surface area contributed by atoms with Gasteiger partial charge < -0.3 is 27.1 Å². The van der Waals surface area contributed by atoms with Crippen LogP contribution in [0, 0.1) is 0 Å². The molecule has 7 N–H and O–H groups in total. The van der Waals surface area contributed by atoms with Crippen LogP contribution in [0.5, 0.6) is 0 Å². The molecular formula is C11H15ClN4O3. The van der Waals surface area contributed by atoms with Crippen molar-refractivity contribution in [3.05, 3.63) is 34.3 Å². The molecule has 0 fully saturated rings. The Bertz CT molecular complexity index is 493. The highest BCUT2D eigenvalue weighted by Gasteiger charge is 2.10. The first-order valence-electron chi connectivity index (χ1n) is 5.40. The normalized spacial score (nSPS) is 13.3. The third-order valence-corrected chi connectivity index (χ3v) is 2.79. The number of carbonyl (C=O) groups is 1. The molecule has 8 heteroatoms. The van der Waals surface area contributed by atoms with Crippen LogP contribution in [0.25, 0.3) is 0 Å². The third-order valence-electron chi connectivity index (χ3n) is 2.44. The number of nitrogens with one attached hydrogen (secondary N) is 1. The molecule has 1 aromatic carbocycles. The quantitative estimate of drug-likeness (QED) is 0.205. The van der Waals surface area contributed by atoms with Gasteiger partial charge in [-0.2, -0.15) is 0 Å². The molecule has 1 unspecified atom stereocenters. The molecule has 0 aliphatic carbocycles. The zero-order chi connectivity index (χ0) is 14.4. The number of amidine groups is 1. The lowest BCUT2D eigenvalue weighted by atomic mass is 10.1. The second-order valence-corrected chi connectivity index (χ2v) is 4.25. The topological polar surface area (TPSA) is 134 Å². The van der Waals surface area contributed by atoms with Crippen molar-refractivity contribution < 1.29 is 15.1 Å². The van der Waals surface area contributed by atoms with Crippen molar-refractivity contribution in [2.24, 2.45) is 16.6 Å². The maximum atomic E-state index is 10.6. The fourth-order valence-corrected chi connectivity index (χ4v) is 1.60. The summed E-state index contributed by atoms with van der Waals surface area (Å²) in [5.74, 6) is -0.827. The summed E-state index contributed by atoms with van der Waals surface area (Å²) < 4.78 is 0. The lowest BCUT2D eigenvalue weighted by Crippen LogP contribution is -2.37. The van der Waals surface area contributed by atoms with Gasteiger partial charge in [0.2, 0.25) is 5.91 Å². The minimum Gasteiger partial charge on any atom is -0.409 e. The highest BCUT2D eigenvalue weighted by molar-refractivity contribution is 6.31. The number of benzene rings is 1. The number of nitrogens with two attached hydrogens (primary N) is 2. The Kier molecular flexibility index (Phi) is 5.56. The SMILES string of the molecule is NC(=O)C(O)CNCc1ccc(/C(N)=N/O)cc1Cl. The Balaban J connectivity index is 2.63. The van der Waals surface area contributed by atoms with Crippen molar-refractivity contribution in [2.45, 2.75) is 12.6 Å². The predicted octanol–water partition coefficient (Wildman–Crippen LogP) is -0.630. The average molecular weight is 287 g/mol. The van der Waals surface area contributed by atoms with Crippen molar-refractivity contribution in [1.29, 1.82) is 0 Å². The number of aliphatic hydroxyl groups is 1. The number of halogens is 1. The molecule has 7 nitrogen and oxygen atoms in total. The van der Waals surface area contributed by atoms with E-state index in [1.807, 2.05) is 0 Å². The van der Waals surface area contributed by atoms with Gasteiger partial charge in [-0.3, -0.25) is 4.79 Å². The van der Waals surface area contributed by atoms with Gasteiger partial charge in [0.15, 0.2) is 5.84 Å². The minimum absolute atomic E-state index is 0.0354. The summed E-state index contributed by atoms with van der Waals surface area (Å²) in [4.78, 5) is 10.6. The van der Waals surface area contributed by atoms with Crippen LogP contribution in [-0.2, 0) is 11.3 Å². The Morgan fingerprint density at radius 2 is 2.16 bits per heavy atom. The number of amides is 1. The molecule has 19 heavy (non-hydrogen) atoms. The van der Waals surface area contributed by atoms with Gasteiger partial charge in [-0.05, 0) is 11.6 Å². The zero-order valence-corrected chi connectivity index (χ0v) is 10.8. The molecule has 1 rings (SSSR count). The van der Waals surface area contributed by atoms with Crippen LogP contribution in [0.15, 0.2) is 23.4 Å². The van der Waals surface area contributed by atoms with E-state index in [0.29, 0.717) is 17.1 Å². The number of nitrogens with zero attached hydrogens (tertiary/aromatic N) is 1. The second kappa shape index (κ2) is 6.93. The smallest absolute Gasteiger partial charge is 0.247 e. The van der Waals surface area contributed by atoms with Crippen LogP contribution in [0.2, 0.25) is 5.02 Å². The van der Waals surface area contributed by atoms with Gasteiger partial charge in [-0.25, -0.2) is 0 Å². The summed E-state index contributed by atoms with van der Waals surface area (Å²) >= 11 is 6.02. The number of aliphatic hydroxyl groups excluding tert-OH is 1. The van der Waals surface area contributed by atoms with E-state index >= 15 is 0 Å². The first kappa shape index (κ1) is 15.2. The first-order chi connectivity index (χ1) is 8.95. The van der Waals surface area contributed by atoms with E-state index in [2.05, 4.69) is 10.5 Å². The van der Waals surface area contributed by atoms with Crippen LogP contribution in [0.4, 0.5) is 0 Å². The van der Waals surface area contributed by atoms with Gasteiger partial charge in [0.25, 0.3) is 0 Å². The molecule has 0 aliphatic heterocycles. The van der Waals surface area contributed by atoms with Gasteiger partial charge in [-0.1, -0.05) is 28.9 Å². The molecule has 1 amide bonds. The van der Waals surface area contributed by atoms with Crippen molar-refractivity contribution in [2.75, 3.05) is 6.54 Å². The van der Waals surface area contributed by atoms with E-state index in [1.54, 1.807) is 18.2 Å². The number of oxime groups is 1. The zero-order valence-electron chi connectivity index (χ0n) is 10.0. The van der Waals surface area contributed by atoms with Crippen LogP contribution in [0.3, 0.4) is 0 Å². The molecule has 0 aliphatic rings. The number of hydrogen-bond acceptors (Lipinski definition) is 5. The van der Waals surface area contributed by atoms with Crippen molar-refractivity contribution in [3.63, 3.8) is 0 Å². The maximum absolute atomic E-state index is 10.6. The predicted molar refractivity (Wildman–Crippen MR) is 70.9 cm³/mol. The number of rotatable bonds is 6. The highest BCUT2D eigenvalue weighted by atomic mass is 35.5. The molecule has 0 spiro atoms. The lowest BCUT2D eigenvalue weighted by molar-refractivity contribution is -0.125. The average Bonchev–Trinajstić information content (AvgIpc) is 2.39. The van der Waals surface area contributed by atoms with Gasteiger partial charge in [-0.15, -0.1) is 0 Å². The van der Waals surface area contributed by atoms with Crippen LogP contribution in [-0.4, -0.2) is 34.7 Å². The highest BCUT2D eigenvalue weighted by Crippen LogP contribution is 2.17. The van der Waals surface area contributed by atoms with E-state index in [9.17, 15) is 9.90 Å². The first-order valence-corrected chi connectivity index (χ1v) is 5.78. The van der Waals surface area contributed by atoms with Gasteiger partial charge in [0.1, 0.15) is 6.10 Å². The Labute approximate surface area is 114 Å². The Morgan fingerprint density at radius 3 is 2.68 bits per heavy atom.